The summed E-state index contributed by atoms with van der Waals surface area (Å²) in [6.45, 7) is -0.0641. The summed E-state index contributed by atoms with van der Waals surface area (Å²) in [4.78, 5) is 12.1. The zero-order valence-electron chi connectivity index (χ0n) is 14.3. The fourth-order valence-electron chi connectivity index (χ4n) is 2.25. The molecule has 27 heavy (non-hydrogen) atoms. The molecule has 2 rings (SSSR count). The summed E-state index contributed by atoms with van der Waals surface area (Å²) in [5.74, 6) is 4.52. The first-order valence-corrected chi connectivity index (χ1v) is 9.82. The molecule has 1 N–H and O–H groups in total. The van der Waals surface area contributed by atoms with Crippen LogP contribution in [0.2, 0.25) is 0 Å². The van der Waals surface area contributed by atoms with Crippen molar-refractivity contribution in [1.29, 1.82) is 0 Å². The minimum atomic E-state index is -4.44. The van der Waals surface area contributed by atoms with Crippen LogP contribution in [0.3, 0.4) is 0 Å². The van der Waals surface area contributed by atoms with Crippen molar-refractivity contribution in [3.05, 3.63) is 70.8 Å². The van der Waals surface area contributed by atoms with Gasteiger partial charge in [0.2, 0.25) is 0 Å². The number of carbonyl (C=O) groups is 1. The lowest BCUT2D eigenvalue weighted by Crippen LogP contribution is -2.23. The Morgan fingerprint density at radius 2 is 1.81 bits per heavy atom. The Labute approximate surface area is 155 Å². The van der Waals surface area contributed by atoms with E-state index in [9.17, 15) is 26.4 Å². The van der Waals surface area contributed by atoms with Gasteiger partial charge in [-0.05, 0) is 35.9 Å². The quantitative estimate of drug-likeness (QED) is 0.810. The van der Waals surface area contributed by atoms with E-state index >= 15 is 0 Å². The van der Waals surface area contributed by atoms with Crippen molar-refractivity contribution in [3.8, 4) is 11.8 Å². The Morgan fingerprint density at radius 3 is 2.48 bits per heavy atom. The van der Waals surface area contributed by atoms with Crippen LogP contribution in [0.4, 0.5) is 13.2 Å². The minimum absolute atomic E-state index is 0.0641. The Balaban J connectivity index is 2.00. The molecule has 142 valence electrons. The SMILES string of the molecule is CS(=O)(=O)Cc1cccc(C(=O)NCC#Cc2cccc(C(F)(F)F)c2)c1. The molecule has 0 aromatic heterocycles. The highest BCUT2D eigenvalue weighted by Gasteiger charge is 2.30. The Bertz CT molecular complexity index is 1000. The first kappa shape index (κ1) is 20.5. The molecular weight excluding hydrogens is 379 g/mol. The number of rotatable bonds is 4. The van der Waals surface area contributed by atoms with Gasteiger partial charge in [-0.25, -0.2) is 8.42 Å². The van der Waals surface area contributed by atoms with Gasteiger partial charge in [-0.1, -0.05) is 30.0 Å². The van der Waals surface area contributed by atoms with Crippen molar-refractivity contribution in [2.24, 2.45) is 0 Å². The average molecular weight is 395 g/mol. The van der Waals surface area contributed by atoms with Gasteiger partial charge in [0, 0.05) is 17.4 Å². The molecule has 0 unspecified atom stereocenters. The highest BCUT2D eigenvalue weighted by molar-refractivity contribution is 7.89. The van der Waals surface area contributed by atoms with E-state index in [4.69, 9.17) is 0 Å². The molecule has 0 bridgehead atoms. The van der Waals surface area contributed by atoms with Crippen LogP contribution in [0.1, 0.15) is 27.0 Å². The monoisotopic (exact) mass is 395 g/mol. The third kappa shape index (κ3) is 6.79. The number of alkyl halides is 3. The van der Waals surface area contributed by atoms with E-state index in [1.54, 1.807) is 12.1 Å². The van der Waals surface area contributed by atoms with Gasteiger partial charge < -0.3 is 5.32 Å². The number of hydrogen-bond acceptors (Lipinski definition) is 3. The molecular formula is C19H16F3NO3S. The highest BCUT2D eigenvalue weighted by atomic mass is 32.2. The Kier molecular flexibility index (Phi) is 6.28. The maximum Gasteiger partial charge on any atom is 0.416 e. The molecule has 0 fully saturated rings. The molecule has 0 aliphatic rings. The standard InChI is InChI=1S/C19H16F3NO3S/c1-27(25,26)13-15-6-2-8-16(11-15)18(24)23-10-4-7-14-5-3-9-17(12-14)19(20,21)22/h2-3,5-6,8-9,11-12H,10,13H2,1H3,(H,23,24). The fourth-order valence-corrected chi connectivity index (χ4v) is 3.04. The first-order valence-electron chi connectivity index (χ1n) is 7.75. The van der Waals surface area contributed by atoms with Gasteiger partial charge in [-0.3, -0.25) is 4.79 Å². The first-order chi connectivity index (χ1) is 12.5. The van der Waals surface area contributed by atoms with Gasteiger partial charge in [0.05, 0.1) is 17.9 Å². The average Bonchev–Trinajstić information content (AvgIpc) is 2.57. The van der Waals surface area contributed by atoms with Gasteiger partial charge >= 0.3 is 6.18 Å². The summed E-state index contributed by atoms with van der Waals surface area (Å²) in [6.07, 6.45) is -3.34. The number of sulfone groups is 1. The van der Waals surface area contributed by atoms with Crippen molar-refractivity contribution >= 4 is 15.7 Å². The molecule has 2 aromatic carbocycles. The van der Waals surface area contributed by atoms with E-state index in [-0.39, 0.29) is 23.4 Å². The van der Waals surface area contributed by atoms with Crippen LogP contribution in [0.25, 0.3) is 0 Å². The molecule has 0 aliphatic carbocycles. The van der Waals surface area contributed by atoms with Crippen LogP contribution >= 0.6 is 0 Å². The van der Waals surface area contributed by atoms with Crippen molar-refractivity contribution in [2.75, 3.05) is 12.8 Å². The van der Waals surface area contributed by atoms with E-state index in [0.717, 1.165) is 18.4 Å². The number of hydrogen-bond donors (Lipinski definition) is 1. The molecule has 0 heterocycles. The van der Waals surface area contributed by atoms with E-state index in [2.05, 4.69) is 17.2 Å². The minimum Gasteiger partial charge on any atom is -0.341 e. The predicted molar refractivity (Wildman–Crippen MR) is 95.6 cm³/mol. The molecule has 2 aromatic rings. The maximum atomic E-state index is 12.6. The van der Waals surface area contributed by atoms with E-state index < -0.39 is 27.5 Å². The number of halogens is 3. The van der Waals surface area contributed by atoms with Crippen LogP contribution < -0.4 is 5.32 Å². The van der Waals surface area contributed by atoms with Gasteiger partial charge in [-0.15, -0.1) is 0 Å². The third-order valence-corrected chi connectivity index (χ3v) is 4.24. The second-order valence-corrected chi connectivity index (χ2v) is 7.97. The zero-order chi connectivity index (χ0) is 20.1. The summed E-state index contributed by atoms with van der Waals surface area (Å²) >= 11 is 0. The molecule has 0 aliphatic heterocycles. The van der Waals surface area contributed by atoms with Crippen LogP contribution in [0.5, 0.6) is 0 Å². The molecule has 0 saturated heterocycles. The second-order valence-electron chi connectivity index (χ2n) is 5.83. The normalized spacial score (nSPS) is 11.4. The number of benzene rings is 2. The lowest BCUT2D eigenvalue weighted by Gasteiger charge is -2.06. The number of nitrogens with one attached hydrogen (secondary N) is 1. The van der Waals surface area contributed by atoms with Gasteiger partial charge in [0.15, 0.2) is 9.84 Å². The summed E-state index contributed by atoms with van der Waals surface area (Å²) < 4.78 is 60.6. The molecule has 0 spiro atoms. The Hall–Kier alpha value is -2.79. The molecule has 0 radical (unpaired) electrons. The lowest BCUT2D eigenvalue weighted by molar-refractivity contribution is -0.137. The predicted octanol–water partition coefficient (Wildman–Crippen LogP) is 3.03. The van der Waals surface area contributed by atoms with E-state index in [1.807, 2.05) is 0 Å². The maximum absolute atomic E-state index is 12.6. The molecule has 4 nitrogen and oxygen atoms in total. The van der Waals surface area contributed by atoms with Crippen molar-refractivity contribution < 1.29 is 26.4 Å². The number of amides is 1. The van der Waals surface area contributed by atoms with Crippen molar-refractivity contribution in [2.45, 2.75) is 11.9 Å². The smallest absolute Gasteiger partial charge is 0.341 e. The second kappa shape index (κ2) is 8.27. The molecule has 0 atom stereocenters. The largest absolute Gasteiger partial charge is 0.416 e. The third-order valence-electron chi connectivity index (χ3n) is 3.38. The summed E-state index contributed by atoms with van der Waals surface area (Å²) in [6, 6.07) is 10.8. The fraction of sp³-hybridized carbons (Fsp3) is 0.211. The summed E-state index contributed by atoms with van der Waals surface area (Å²) in [5.41, 5.74) is 0.160. The van der Waals surface area contributed by atoms with Gasteiger partial charge in [0.25, 0.3) is 5.91 Å². The van der Waals surface area contributed by atoms with E-state index in [0.29, 0.717) is 5.56 Å². The lowest BCUT2D eigenvalue weighted by atomic mass is 10.1. The summed E-state index contributed by atoms with van der Waals surface area (Å²) in [5, 5.41) is 2.52. The van der Waals surface area contributed by atoms with Crippen LogP contribution in [0.15, 0.2) is 48.5 Å². The highest BCUT2D eigenvalue weighted by Crippen LogP contribution is 2.29. The molecule has 1 amide bonds. The van der Waals surface area contributed by atoms with Gasteiger partial charge in [-0.2, -0.15) is 13.2 Å². The summed E-state index contributed by atoms with van der Waals surface area (Å²) in [7, 11) is -3.22. The molecule has 8 heteroatoms. The van der Waals surface area contributed by atoms with Gasteiger partial charge in [0.1, 0.15) is 0 Å². The van der Waals surface area contributed by atoms with Crippen LogP contribution in [-0.2, 0) is 21.8 Å². The van der Waals surface area contributed by atoms with Crippen molar-refractivity contribution in [1.82, 2.24) is 5.32 Å². The zero-order valence-corrected chi connectivity index (χ0v) is 15.1. The number of carbonyl (C=O) groups excluding carboxylic acids is 1. The Morgan fingerprint density at radius 1 is 1.11 bits per heavy atom. The van der Waals surface area contributed by atoms with Crippen molar-refractivity contribution in [3.63, 3.8) is 0 Å². The van der Waals surface area contributed by atoms with E-state index in [1.165, 1.54) is 24.3 Å². The topological polar surface area (TPSA) is 63.2 Å². The van der Waals surface area contributed by atoms with Crippen LogP contribution in [-0.4, -0.2) is 27.1 Å². The molecule has 0 saturated carbocycles. The van der Waals surface area contributed by atoms with Crippen LogP contribution in [0, 0.1) is 11.8 Å².